The summed E-state index contributed by atoms with van der Waals surface area (Å²) < 4.78 is 20.3. The second-order valence-corrected chi connectivity index (χ2v) is 8.60. The lowest BCUT2D eigenvalue weighted by molar-refractivity contribution is -0.143. The lowest BCUT2D eigenvalue weighted by Gasteiger charge is -2.36. The fourth-order valence-electron chi connectivity index (χ4n) is 3.44. The fraction of sp³-hybridized carbons (Fsp3) is 0.409. The van der Waals surface area contributed by atoms with Gasteiger partial charge in [0, 0.05) is 17.3 Å². The summed E-state index contributed by atoms with van der Waals surface area (Å²) in [5.41, 5.74) is 1.74. The Hall–Kier alpha value is -2.61. The maximum absolute atomic E-state index is 14.9. The zero-order chi connectivity index (χ0) is 22.0. The van der Waals surface area contributed by atoms with Gasteiger partial charge in [-0.3, -0.25) is 4.79 Å². The number of aliphatic imine (C=N–C) groups is 1. The van der Waals surface area contributed by atoms with E-state index in [4.69, 9.17) is 4.74 Å². The molecule has 160 valence electrons. The van der Waals surface area contributed by atoms with Crippen LogP contribution in [0, 0.1) is 5.82 Å². The Kier molecular flexibility index (Phi) is 6.65. The van der Waals surface area contributed by atoms with Gasteiger partial charge >= 0.3 is 5.97 Å². The number of thioether (sulfide) groups is 1. The molecule has 2 aliphatic heterocycles. The number of rotatable bonds is 6. The number of nitrogens with zero attached hydrogens (tertiary/aromatic N) is 2. The predicted octanol–water partition coefficient (Wildman–Crippen LogP) is 4.27. The first kappa shape index (κ1) is 22.1. The Morgan fingerprint density at radius 1 is 1.27 bits per heavy atom. The van der Waals surface area contributed by atoms with Crippen molar-refractivity contribution in [2.24, 2.45) is 4.99 Å². The number of esters is 1. The van der Waals surface area contributed by atoms with E-state index in [9.17, 15) is 14.0 Å². The number of benzene rings is 1. The largest absolute Gasteiger partial charge is 0.459 e. The summed E-state index contributed by atoms with van der Waals surface area (Å²) in [4.78, 5) is 31.7. The number of hydrogen-bond acceptors (Lipinski definition) is 6. The molecule has 0 saturated heterocycles. The lowest BCUT2D eigenvalue weighted by atomic mass is 9.93. The van der Waals surface area contributed by atoms with Gasteiger partial charge in [-0.25, -0.2) is 14.2 Å². The van der Waals surface area contributed by atoms with Crippen LogP contribution < -0.4 is 5.32 Å². The SMILES string of the molecule is CC1=C(C(=O)OC(C)C)[C@@H](c2ccccc2F)N2C(CC(=O)NC(C)C)=CSC2=N1. The second-order valence-electron chi connectivity index (χ2n) is 7.77. The zero-order valence-corrected chi connectivity index (χ0v) is 18.5. The van der Waals surface area contributed by atoms with E-state index in [1.807, 2.05) is 19.3 Å². The van der Waals surface area contributed by atoms with Crippen LogP contribution in [-0.2, 0) is 14.3 Å². The average Bonchev–Trinajstić information content (AvgIpc) is 3.01. The molecule has 2 aliphatic rings. The molecule has 1 amide bonds. The van der Waals surface area contributed by atoms with Gasteiger partial charge in [0.05, 0.1) is 29.8 Å². The van der Waals surface area contributed by atoms with Gasteiger partial charge in [0.1, 0.15) is 5.82 Å². The maximum atomic E-state index is 14.9. The number of ether oxygens (including phenoxy) is 1. The summed E-state index contributed by atoms with van der Waals surface area (Å²) in [5.74, 6) is -1.13. The zero-order valence-electron chi connectivity index (χ0n) is 17.7. The minimum absolute atomic E-state index is 0.00253. The minimum atomic E-state index is -0.766. The molecule has 1 N–H and O–H groups in total. The number of halogens is 1. The molecule has 0 spiro atoms. The van der Waals surface area contributed by atoms with Gasteiger partial charge in [-0.05, 0) is 46.1 Å². The van der Waals surface area contributed by atoms with Gasteiger partial charge in [-0.15, -0.1) is 0 Å². The molecule has 0 unspecified atom stereocenters. The van der Waals surface area contributed by atoms with Gasteiger partial charge in [-0.2, -0.15) is 0 Å². The summed E-state index contributed by atoms with van der Waals surface area (Å²) in [5, 5.41) is 5.30. The van der Waals surface area contributed by atoms with Crippen LogP contribution in [0.25, 0.3) is 0 Å². The molecular weight excluding hydrogens is 405 g/mol. The molecule has 6 nitrogen and oxygen atoms in total. The van der Waals surface area contributed by atoms with Crippen LogP contribution in [0.15, 0.2) is 51.6 Å². The molecular formula is C22H26FN3O3S. The van der Waals surface area contributed by atoms with Crippen molar-refractivity contribution >= 4 is 28.8 Å². The molecule has 8 heteroatoms. The van der Waals surface area contributed by atoms with E-state index >= 15 is 0 Å². The third kappa shape index (κ3) is 4.59. The number of carbonyl (C=O) groups excluding carboxylic acids is 2. The monoisotopic (exact) mass is 431 g/mol. The molecule has 0 bridgehead atoms. The smallest absolute Gasteiger partial charge is 0.338 e. The molecule has 1 aromatic carbocycles. The highest BCUT2D eigenvalue weighted by Gasteiger charge is 2.42. The first-order valence-corrected chi connectivity index (χ1v) is 10.8. The van der Waals surface area contributed by atoms with Crippen LogP contribution in [0.4, 0.5) is 4.39 Å². The maximum Gasteiger partial charge on any atom is 0.338 e. The third-order valence-corrected chi connectivity index (χ3v) is 5.44. The Morgan fingerprint density at radius 3 is 2.60 bits per heavy atom. The minimum Gasteiger partial charge on any atom is -0.459 e. The van der Waals surface area contributed by atoms with Crippen molar-refractivity contribution in [1.29, 1.82) is 0 Å². The van der Waals surface area contributed by atoms with E-state index in [0.29, 0.717) is 22.1 Å². The van der Waals surface area contributed by atoms with Crippen LogP contribution >= 0.6 is 11.8 Å². The Balaban J connectivity index is 2.06. The lowest BCUT2D eigenvalue weighted by Crippen LogP contribution is -2.39. The van der Waals surface area contributed by atoms with Crippen molar-refractivity contribution < 1.29 is 18.7 Å². The van der Waals surface area contributed by atoms with Crippen molar-refractivity contribution in [1.82, 2.24) is 10.2 Å². The van der Waals surface area contributed by atoms with Gasteiger partial charge in [0.2, 0.25) is 5.91 Å². The van der Waals surface area contributed by atoms with Crippen molar-refractivity contribution in [3.63, 3.8) is 0 Å². The number of fused-ring (bicyclic) bond motifs is 1. The number of amides is 1. The summed E-state index contributed by atoms with van der Waals surface area (Å²) in [6.07, 6.45) is -0.231. The summed E-state index contributed by atoms with van der Waals surface area (Å²) >= 11 is 1.36. The van der Waals surface area contributed by atoms with Crippen molar-refractivity contribution in [3.05, 3.63) is 58.0 Å². The van der Waals surface area contributed by atoms with E-state index in [2.05, 4.69) is 10.3 Å². The predicted molar refractivity (Wildman–Crippen MR) is 116 cm³/mol. The van der Waals surface area contributed by atoms with E-state index in [0.717, 1.165) is 0 Å². The Labute approximate surface area is 180 Å². The van der Waals surface area contributed by atoms with Crippen LogP contribution in [-0.4, -0.2) is 34.1 Å². The average molecular weight is 432 g/mol. The second kappa shape index (κ2) is 9.04. The standard InChI is InChI=1S/C22H26FN3O3S/c1-12(2)24-18(27)10-15-11-30-22-25-14(5)19(21(28)29-13(3)4)20(26(15)22)16-8-6-7-9-17(16)23/h6-9,11-13,20H,10H2,1-5H3,(H,24,27)/t20-/m1/s1. The number of carbonyl (C=O) groups is 2. The summed E-state index contributed by atoms with van der Waals surface area (Å²) in [6.45, 7) is 9.02. The Morgan fingerprint density at radius 2 is 1.97 bits per heavy atom. The normalized spacial score (nSPS) is 18.4. The van der Waals surface area contributed by atoms with Gasteiger partial charge in [-0.1, -0.05) is 30.0 Å². The highest BCUT2D eigenvalue weighted by Crippen LogP contribution is 2.45. The molecule has 0 aromatic heterocycles. The van der Waals surface area contributed by atoms with E-state index < -0.39 is 17.8 Å². The number of amidine groups is 1. The first-order chi connectivity index (χ1) is 14.2. The van der Waals surface area contributed by atoms with Crippen molar-refractivity contribution in [2.75, 3.05) is 0 Å². The van der Waals surface area contributed by atoms with E-state index in [1.165, 1.54) is 17.8 Å². The molecule has 2 heterocycles. The van der Waals surface area contributed by atoms with Gasteiger partial charge in [0.25, 0.3) is 0 Å². The number of nitrogens with one attached hydrogen (secondary N) is 1. The molecule has 3 rings (SSSR count). The van der Waals surface area contributed by atoms with E-state index in [1.54, 1.807) is 43.9 Å². The number of allylic oxidation sites excluding steroid dienone is 1. The molecule has 0 fully saturated rings. The van der Waals surface area contributed by atoms with E-state index in [-0.39, 0.29) is 30.0 Å². The number of hydrogen-bond donors (Lipinski definition) is 1. The van der Waals surface area contributed by atoms with Crippen LogP contribution in [0.3, 0.4) is 0 Å². The topological polar surface area (TPSA) is 71.0 Å². The summed E-state index contributed by atoms with van der Waals surface area (Å²) in [7, 11) is 0. The highest BCUT2D eigenvalue weighted by atomic mass is 32.2. The molecule has 0 aliphatic carbocycles. The van der Waals surface area contributed by atoms with Gasteiger partial charge in [0.15, 0.2) is 5.17 Å². The highest BCUT2D eigenvalue weighted by molar-refractivity contribution is 8.16. The van der Waals surface area contributed by atoms with Crippen molar-refractivity contribution in [2.45, 2.75) is 59.2 Å². The first-order valence-electron chi connectivity index (χ1n) is 9.88. The molecule has 0 saturated carbocycles. The third-order valence-electron chi connectivity index (χ3n) is 4.55. The quantitative estimate of drug-likeness (QED) is 0.681. The molecule has 0 radical (unpaired) electrons. The Bertz CT molecular complexity index is 953. The van der Waals surface area contributed by atoms with Gasteiger partial charge < -0.3 is 15.0 Å². The van der Waals surface area contributed by atoms with Crippen LogP contribution in [0.1, 0.15) is 52.6 Å². The van der Waals surface area contributed by atoms with Crippen LogP contribution in [0.2, 0.25) is 0 Å². The van der Waals surface area contributed by atoms with Crippen LogP contribution in [0.5, 0.6) is 0 Å². The fourth-order valence-corrected chi connectivity index (χ4v) is 4.40. The molecule has 1 aromatic rings. The van der Waals surface area contributed by atoms with Crippen molar-refractivity contribution in [3.8, 4) is 0 Å². The molecule has 30 heavy (non-hydrogen) atoms. The molecule has 1 atom stereocenters. The summed E-state index contributed by atoms with van der Waals surface area (Å²) in [6, 6.07) is 5.57.